The highest BCUT2D eigenvalue weighted by Gasteiger charge is 2.19. The first-order valence-corrected chi connectivity index (χ1v) is 8.76. The standard InChI is InChI=1S/C14H26N2O3S/c1-20-11-7-12(14(18)19)15-13(17)6-5-10-16-8-3-2-4-9-16/h12H,2-11H2,1H3,(H,15,17)(H,18,19). The second kappa shape index (κ2) is 10.0. The normalized spacial score (nSPS) is 17.6. The predicted octanol–water partition coefficient (Wildman–Crippen LogP) is 1.57. The van der Waals surface area contributed by atoms with E-state index in [0.29, 0.717) is 12.8 Å². The number of carbonyl (C=O) groups is 2. The van der Waals surface area contributed by atoms with Gasteiger partial charge in [0.15, 0.2) is 0 Å². The van der Waals surface area contributed by atoms with Gasteiger partial charge in [0.2, 0.25) is 5.91 Å². The number of carbonyl (C=O) groups excluding carboxylic acids is 1. The third kappa shape index (κ3) is 7.14. The first-order valence-electron chi connectivity index (χ1n) is 7.37. The summed E-state index contributed by atoms with van der Waals surface area (Å²) in [6.45, 7) is 3.20. The fraction of sp³-hybridized carbons (Fsp3) is 0.857. The van der Waals surface area contributed by atoms with Crippen LogP contribution >= 0.6 is 11.8 Å². The Morgan fingerprint density at radius 2 is 2.00 bits per heavy atom. The van der Waals surface area contributed by atoms with E-state index in [0.717, 1.165) is 31.8 Å². The summed E-state index contributed by atoms with van der Waals surface area (Å²) in [5.41, 5.74) is 0. The van der Waals surface area contributed by atoms with Crippen molar-refractivity contribution in [3.8, 4) is 0 Å². The number of amides is 1. The van der Waals surface area contributed by atoms with Crippen LogP contribution in [0.3, 0.4) is 0 Å². The number of aliphatic carboxylic acids is 1. The molecule has 1 amide bonds. The highest BCUT2D eigenvalue weighted by atomic mass is 32.2. The van der Waals surface area contributed by atoms with Gasteiger partial charge >= 0.3 is 5.97 Å². The van der Waals surface area contributed by atoms with Gasteiger partial charge in [-0.1, -0.05) is 6.42 Å². The predicted molar refractivity (Wildman–Crippen MR) is 82.1 cm³/mol. The number of rotatable bonds is 9. The van der Waals surface area contributed by atoms with Crippen LogP contribution < -0.4 is 5.32 Å². The highest BCUT2D eigenvalue weighted by molar-refractivity contribution is 7.98. The number of nitrogens with one attached hydrogen (secondary N) is 1. The minimum absolute atomic E-state index is 0.143. The average molecular weight is 302 g/mol. The third-order valence-corrected chi connectivity index (χ3v) is 4.21. The van der Waals surface area contributed by atoms with E-state index in [-0.39, 0.29) is 5.91 Å². The lowest BCUT2D eigenvalue weighted by Crippen LogP contribution is -2.41. The van der Waals surface area contributed by atoms with E-state index in [9.17, 15) is 9.59 Å². The van der Waals surface area contributed by atoms with Gasteiger partial charge in [-0.2, -0.15) is 11.8 Å². The fourth-order valence-corrected chi connectivity index (χ4v) is 2.88. The lowest BCUT2D eigenvalue weighted by Gasteiger charge is -2.26. The molecule has 1 aliphatic rings. The molecule has 20 heavy (non-hydrogen) atoms. The quantitative estimate of drug-likeness (QED) is 0.676. The molecule has 0 aromatic rings. The molecule has 0 spiro atoms. The van der Waals surface area contributed by atoms with Gasteiger partial charge < -0.3 is 15.3 Å². The van der Waals surface area contributed by atoms with Gasteiger partial charge in [0.05, 0.1) is 0 Å². The minimum Gasteiger partial charge on any atom is -0.480 e. The van der Waals surface area contributed by atoms with Crippen LogP contribution in [0.4, 0.5) is 0 Å². The summed E-state index contributed by atoms with van der Waals surface area (Å²) in [6.07, 6.45) is 7.45. The molecule has 1 fully saturated rings. The van der Waals surface area contributed by atoms with Crippen molar-refractivity contribution in [2.45, 2.75) is 44.6 Å². The summed E-state index contributed by atoms with van der Waals surface area (Å²) in [7, 11) is 0. The largest absolute Gasteiger partial charge is 0.480 e. The maximum atomic E-state index is 11.8. The van der Waals surface area contributed by atoms with Crippen LogP contribution in [0, 0.1) is 0 Å². The maximum absolute atomic E-state index is 11.8. The van der Waals surface area contributed by atoms with Crippen molar-refractivity contribution in [1.29, 1.82) is 0 Å². The van der Waals surface area contributed by atoms with Crippen molar-refractivity contribution in [3.05, 3.63) is 0 Å². The Morgan fingerprint density at radius 1 is 1.30 bits per heavy atom. The van der Waals surface area contributed by atoms with Gasteiger partial charge in [-0.05, 0) is 57.3 Å². The van der Waals surface area contributed by atoms with E-state index >= 15 is 0 Å². The van der Waals surface area contributed by atoms with Gasteiger partial charge in [0, 0.05) is 6.42 Å². The van der Waals surface area contributed by atoms with Crippen LogP contribution in [0.15, 0.2) is 0 Å². The van der Waals surface area contributed by atoms with Crippen molar-refractivity contribution in [2.75, 3.05) is 31.6 Å². The Bertz CT molecular complexity index is 307. The average Bonchev–Trinajstić information content (AvgIpc) is 2.44. The molecule has 1 rings (SSSR count). The molecule has 0 aliphatic carbocycles. The topological polar surface area (TPSA) is 69.6 Å². The summed E-state index contributed by atoms with van der Waals surface area (Å²) in [4.78, 5) is 25.2. The van der Waals surface area contributed by atoms with Crippen molar-refractivity contribution >= 4 is 23.6 Å². The number of thioether (sulfide) groups is 1. The van der Waals surface area contributed by atoms with Gasteiger partial charge in [-0.15, -0.1) is 0 Å². The highest BCUT2D eigenvalue weighted by Crippen LogP contribution is 2.09. The molecule has 1 saturated heterocycles. The SMILES string of the molecule is CSCCC(NC(=O)CCCN1CCCCC1)C(=O)O. The second-order valence-electron chi connectivity index (χ2n) is 5.25. The summed E-state index contributed by atoms with van der Waals surface area (Å²) in [6, 6.07) is -0.745. The summed E-state index contributed by atoms with van der Waals surface area (Å²) in [5, 5.41) is 11.7. The third-order valence-electron chi connectivity index (χ3n) is 3.57. The zero-order chi connectivity index (χ0) is 14.8. The van der Waals surface area contributed by atoms with Gasteiger partial charge in [0.25, 0.3) is 0 Å². The van der Waals surface area contributed by atoms with E-state index in [1.807, 2.05) is 6.26 Å². The molecule has 1 atom stereocenters. The van der Waals surface area contributed by atoms with Gasteiger partial charge in [0.1, 0.15) is 6.04 Å². The smallest absolute Gasteiger partial charge is 0.326 e. The first-order chi connectivity index (χ1) is 9.63. The number of hydrogen-bond donors (Lipinski definition) is 2. The molecular weight excluding hydrogens is 276 g/mol. The van der Waals surface area contributed by atoms with Gasteiger partial charge in [-0.25, -0.2) is 4.79 Å². The molecule has 1 unspecified atom stereocenters. The lowest BCUT2D eigenvalue weighted by molar-refractivity contribution is -0.141. The molecule has 0 aromatic heterocycles. The van der Waals surface area contributed by atoms with Crippen LogP contribution in [0.1, 0.15) is 38.5 Å². The maximum Gasteiger partial charge on any atom is 0.326 e. The Balaban J connectivity index is 2.18. The van der Waals surface area contributed by atoms with E-state index in [2.05, 4.69) is 10.2 Å². The van der Waals surface area contributed by atoms with Gasteiger partial charge in [-0.3, -0.25) is 4.79 Å². The molecule has 116 valence electrons. The Kier molecular flexibility index (Phi) is 8.69. The molecular formula is C14H26N2O3S. The number of piperidine rings is 1. The molecule has 0 saturated carbocycles. The fourth-order valence-electron chi connectivity index (χ4n) is 2.41. The van der Waals surface area contributed by atoms with E-state index in [1.165, 1.54) is 19.3 Å². The first kappa shape index (κ1) is 17.3. The molecule has 1 heterocycles. The van der Waals surface area contributed by atoms with Crippen molar-refractivity contribution in [2.24, 2.45) is 0 Å². The molecule has 0 bridgehead atoms. The molecule has 6 heteroatoms. The number of hydrogen-bond acceptors (Lipinski definition) is 4. The van der Waals surface area contributed by atoms with Crippen molar-refractivity contribution < 1.29 is 14.7 Å². The monoisotopic (exact) mass is 302 g/mol. The number of likely N-dealkylation sites (tertiary alicyclic amines) is 1. The molecule has 0 radical (unpaired) electrons. The van der Waals surface area contributed by atoms with Crippen LogP contribution in [-0.4, -0.2) is 59.6 Å². The number of nitrogens with zero attached hydrogens (tertiary/aromatic N) is 1. The van der Waals surface area contributed by atoms with E-state index in [1.54, 1.807) is 11.8 Å². The van der Waals surface area contributed by atoms with Crippen molar-refractivity contribution in [1.82, 2.24) is 10.2 Å². The van der Waals surface area contributed by atoms with Crippen LogP contribution in [0.5, 0.6) is 0 Å². The van der Waals surface area contributed by atoms with E-state index < -0.39 is 12.0 Å². The Morgan fingerprint density at radius 3 is 2.60 bits per heavy atom. The van der Waals surface area contributed by atoms with Crippen LogP contribution in [0.2, 0.25) is 0 Å². The second-order valence-corrected chi connectivity index (χ2v) is 6.23. The molecule has 2 N–H and O–H groups in total. The number of carboxylic acids is 1. The van der Waals surface area contributed by atoms with Crippen molar-refractivity contribution in [3.63, 3.8) is 0 Å². The number of carboxylic acid groups (broad SMARTS) is 1. The summed E-state index contributed by atoms with van der Waals surface area (Å²) >= 11 is 1.59. The molecule has 5 nitrogen and oxygen atoms in total. The molecule has 0 aromatic carbocycles. The summed E-state index contributed by atoms with van der Waals surface area (Å²) < 4.78 is 0. The zero-order valence-corrected chi connectivity index (χ0v) is 13.1. The Labute approximate surface area is 125 Å². The summed E-state index contributed by atoms with van der Waals surface area (Å²) in [5.74, 6) is -0.343. The van der Waals surface area contributed by atoms with Crippen LogP contribution in [-0.2, 0) is 9.59 Å². The zero-order valence-electron chi connectivity index (χ0n) is 12.3. The minimum atomic E-state index is -0.941. The molecule has 1 aliphatic heterocycles. The van der Waals surface area contributed by atoms with Crippen LogP contribution in [0.25, 0.3) is 0 Å². The lowest BCUT2D eigenvalue weighted by atomic mass is 10.1. The van der Waals surface area contributed by atoms with E-state index in [4.69, 9.17) is 5.11 Å². The Hall–Kier alpha value is -0.750.